The van der Waals surface area contributed by atoms with E-state index in [1.165, 1.54) is 5.56 Å². The van der Waals surface area contributed by atoms with Crippen LogP contribution < -0.4 is 0 Å². The van der Waals surface area contributed by atoms with Crippen molar-refractivity contribution < 1.29 is 5.11 Å². The molecule has 15 heavy (non-hydrogen) atoms. The second kappa shape index (κ2) is 3.19. The highest BCUT2D eigenvalue weighted by Crippen LogP contribution is 2.28. The summed E-state index contributed by atoms with van der Waals surface area (Å²) in [5, 5.41) is 18.6. The van der Waals surface area contributed by atoms with Crippen molar-refractivity contribution in [2.75, 3.05) is 0 Å². The minimum absolute atomic E-state index is 0.00130. The van der Waals surface area contributed by atoms with Crippen molar-refractivity contribution >= 4 is 10.8 Å². The largest absolute Gasteiger partial charge is 0.492 e. The molecule has 0 bridgehead atoms. The van der Waals surface area contributed by atoms with E-state index >= 15 is 0 Å². The van der Waals surface area contributed by atoms with E-state index in [1.807, 2.05) is 12.1 Å². The van der Waals surface area contributed by atoms with Crippen molar-refractivity contribution in [3.63, 3.8) is 0 Å². The number of hydrogen-bond acceptors (Lipinski definition) is 3. The normalized spacial score (nSPS) is 11.9. The molecule has 0 fully saturated rings. The number of rotatable bonds is 0. The van der Waals surface area contributed by atoms with Crippen molar-refractivity contribution in [2.45, 2.75) is 26.2 Å². The molecular formula is C12H14N2O. The van der Waals surface area contributed by atoms with Gasteiger partial charge in [-0.3, -0.25) is 0 Å². The molecule has 0 amide bonds. The SMILES string of the molecule is CC(C)(C)c1ccc2cnnc(O)c2c1. The molecule has 0 unspecified atom stereocenters. The molecule has 1 aromatic carbocycles. The van der Waals surface area contributed by atoms with Gasteiger partial charge in [-0.1, -0.05) is 32.9 Å². The van der Waals surface area contributed by atoms with E-state index in [2.05, 4.69) is 37.0 Å². The fourth-order valence-electron chi connectivity index (χ4n) is 1.53. The van der Waals surface area contributed by atoms with E-state index in [0.717, 1.165) is 10.8 Å². The Kier molecular flexibility index (Phi) is 2.11. The lowest BCUT2D eigenvalue weighted by atomic mass is 9.86. The lowest BCUT2D eigenvalue weighted by Gasteiger charge is -2.19. The molecule has 0 aliphatic carbocycles. The van der Waals surface area contributed by atoms with Gasteiger partial charge in [-0.2, -0.15) is 5.10 Å². The second-order valence-electron chi connectivity index (χ2n) is 4.72. The van der Waals surface area contributed by atoms with Gasteiger partial charge in [0.2, 0.25) is 5.88 Å². The Morgan fingerprint density at radius 2 is 1.93 bits per heavy atom. The van der Waals surface area contributed by atoms with E-state index < -0.39 is 0 Å². The molecule has 78 valence electrons. The fourth-order valence-corrected chi connectivity index (χ4v) is 1.53. The van der Waals surface area contributed by atoms with Crippen molar-refractivity contribution in [3.05, 3.63) is 30.0 Å². The number of benzene rings is 1. The third-order valence-electron chi connectivity index (χ3n) is 2.51. The molecule has 1 aromatic heterocycles. The highest BCUT2D eigenvalue weighted by atomic mass is 16.3. The molecule has 0 radical (unpaired) electrons. The third kappa shape index (κ3) is 1.77. The summed E-state index contributed by atoms with van der Waals surface area (Å²) >= 11 is 0. The smallest absolute Gasteiger partial charge is 0.238 e. The van der Waals surface area contributed by atoms with E-state index in [4.69, 9.17) is 0 Å². The van der Waals surface area contributed by atoms with Gasteiger partial charge in [-0.15, -0.1) is 5.10 Å². The average molecular weight is 202 g/mol. The van der Waals surface area contributed by atoms with Gasteiger partial charge in [-0.05, 0) is 17.0 Å². The van der Waals surface area contributed by atoms with E-state index in [9.17, 15) is 5.11 Å². The van der Waals surface area contributed by atoms with Crippen LogP contribution in [0.15, 0.2) is 24.4 Å². The van der Waals surface area contributed by atoms with E-state index in [0.29, 0.717) is 0 Å². The molecule has 1 heterocycles. The van der Waals surface area contributed by atoms with Gasteiger partial charge in [0.1, 0.15) is 0 Å². The topological polar surface area (TPSA) is 46.0 Å². The predicted octanol–water partition coefficient (Wildman–Crippen LogP) is 2.63. The van der Waals surface area contributed by atoms with Crippen molar-refractivity contribution in [1.29, 1.82) is 0 Å². The maximum absolute atomic E-state index is 9.59. The molecule has 2 aromatic rings. The Balaban J connectivity index is 2.70. The minimum atomic E-state index is -0.00130. The van der Waals surface area contributed by atoms with Crippen LogP contribution in [-0.4, -0.2) is 15.3 Å². The molecule has 3 heteroatoms. The van der Waals surface area contributed by atoms with Crippen LogP contribution in [0.5, 0.6) is 5.88 Å². The molecule has 0 aliphatic heterocycles. The van der Waals surface area contributed by atoms with Gasteiger partial charge in [0.05, 0.1) is 6.20 Å². The fraction of sp³-hybridized carbons (Fsp3) is 0.333. The molecule has 0 saturated carbocycles. The summed E-state index contributed by atoms with van der Waals surface area (Å²) in [7, 11) is 0. The molecule has 1 N–H and O–H groups in total. The van der Waals surface area contributed by atoms with Crippen LogP contribution in [0.2, 0.25) is 0 Å². The molecule has 0 spiro atoms. The van der Waals surface area contributed by atoms with Crippen molar-refractivity contribution in [3.8, 4) is 5.88 Å². The zero-order valence-corrected chi connectivity index (χ0v) is 9.15. The summed E-state index contributed by atoms with van der Waals surface area (Å²) in [4.78, 5) is 0. The summed E-state index contributed by atoms with van der Waals surface area (Å²) in [6, 6.07) is 5.99. The maximum atomic E-state index is 9.59. The number of aromatic nitrogens is 2. The van der Waals surface area contributed by atoms with Gasteiger partial charge in [0.15, 0.2) is 0 Å². The van der Waals surface area contributed by atoms with Crippen LogP contribution in [0.4, 0.5) is 0 Å². The number of aromatic hydroxyl groups is 1. The number of hydrogen-bond donors (Lipinski definition) is 1. The number of nitrogens with zero attached hydrogens (tertiary/aromatic N) is 2. The Bertz CT molecular complexity index is 500. The zero-order valence-electron chi connectivity index (χ0n) is 9.15. The highest BCUT2D eigenvalue weighted by molar-refractivity contribution is 5.86. The highest BCUT2D eigenvalue weighted by Gasteiger charge is 2.14. The van der Waals surface area contributed by atoms with E-state index in [1.54, 1.807) is 6.20 Å². The average Bonchev–Trinajstić information content (AvgIpc) is 2.16. The van der Waals surface area contributed by atoms with Crippen LogP contribution >= 0.6 is 0 Å². The molecule has 2 rings (SSSR count). The maximum Gasteiger partial charge on any atom is 0.238 e. The summed E-state index contributed by atoms with van der Waals surface area (Å²) < 4.78 is 0. The predicted molar refractivity (Wildman–Crippen MR) is 59.9 cm³/mol. The molecule has 0 aliphatic rings. The van der Waals surface area contributed by atoms with E-state index in [-0.39, 0.29) is 11.3 Å². The Labute approximate surface area is 88.8 Å². The van der Waals surface area contributed by atoms with Gasteiger partial charge < -0.3 is 5.11 Å². The van der Waals surface area contributed by atoms with Crippen LogP contribution in [0, 0.1) is 0 Å². The Morgan fingerprint density at radius 1 is 1.20 bits per heavy atom. The van der Waals surface area contributed by atoms with Crippen LogP contribution in [0.3, 0.4) is 0 Å². The first-order valence-corrected chi connectivity index (χ1v) is 4.93. The van der Waals surface area contributed by atoms with Gasteiger partial charge in [-0.25, -0.2) is 0 Å². The summed E-state index contributed by atoms with van der Waals surface area (Å²) in [6.45, 7) is 6.42. The summed E-state index contributed by atoms with van der Waals surface area (Å²) in [6.07, 6.45) is 1.65. The van der Waals surface area contributed by atoms with Crippen molar-refractivity contribution in [2.24, 2.45) is 0 Å². The third-order valence-corrected chi connectivity index (χ3v) is 2.51. The monoisotopic (exact) mass is 202 g/mol. The van der Waals surface area contributed by atoms with Crippen LogP contribution in [0.1, 0.15) is 26.3 Å². The number of fused-ring (bicyclic) bond motifs is 1. The molecule has 3 nitrogen and oxygen atoms in total. The van der Waals surface area contributed by atoms with Crippen LogP contribution in [-0.2, 0) is 5.41 Å². The first-order chi connectivity index (χ1) is 6.98. The lowest BCUT2D eigenvalue weighted by molar-refractivity contribution is 0.452. The molecule has 0 saturated heterocycles. The minimum Gasteiger partial charge on any atom is -0.492 e. The lowest BCUT2D eigenvalue weighted by Crippen LogP contribution is -2.10. The van der Waals surface area contributed by atoms with Crippen molar-refractivity contribution in [1.82, 2.24) is 10.2 Å². The standard InChI is InChI=1S/C12H14N2O/c1-12(2,3)9-5-4-8-7-13-14-11(15)10(8)6-9/h4-7H,1-3H3,(H,14,15). The van der Waals surface area contributed by atoms with Crippen LogP contribution in [0.25, 0.3) is 10.8 Å². The molecule has 0 atom stereocenters. The van der Waals surface area contributed by atoms with Gasteiger partial charge in [0, 0.05) is 10.8 Å². The van der Waals surface area contributed by atoms with Gasteiger partial charge in [0.25, 0.3) is 0 Å². The first-order valence-electron chi connectivity index (χ1n) is 4.93. The van der Waals surface area contributed by atoms with Gasteiger partial charge >= 0.3 is 0 Å². The Hall–Kier alpha value is -1.64. The summed E-state index contributed by atoms with van der Waals surface area (Å²) in [5.74, 6) is -0.00130. The second-order valence-corrected chi connectivity index (χ2v) is 4.72. The summed E-state index contributed by atoms with van der Waals surface area (Å²) in [5.41, 5.74) is 1.25. The Morgan fingerprint density at radius 3 is 2.60 bits per heavy atom. The zero-order chi connectivity index (χ0) is 11.1. The quantitative estimate of drug-likeness (QED) is 0.714. The molecular weight excluding hydrogens is 188 g/mol. The first kappa shape index (κ1) is 9.90.